The minimum absolute atomic E-state index is 0.314. The molecule has 0 aliphatic carbocycles. The number of aliphatic carboxylic acids is 1. The van der Waals surface area contributed by atoms with E-state index in [-0.39, 0.29) is 5.92 Å². The Bertz CT molecular complexity index is 345. The molecule has 4 nitrogen and oxygen atoms in total. The Morgan fingerprint density at radius 1 is 1.38 bits per heavy atom. The lowest BCUT2D eigenvalue weighted by molar-refractivity contribution is -0.149. The second kappa shape index (κ2) is 5.51. The predicted molar refractivity (Wildman–Crippen MR) is 59.5 cm³/mol. The molecule has 0 heterocycles. The first-order valence-corrected chi connectivity index (χ1v) is 5.08. The number of carboxylic acids is 1. The maximum Gasteiger partial charge on any atom is 0.332 e. The molecular formula is C12H16O4. The van der Waals surface area contributed by atoms with Gasteiger partial charge < -0.3 is 14.9 Å². The fraction of sp³-hybridized carbons (Fsp3) is 0.417. The van der Waals surface area contributed by atoms with E-state index >= 15 is 0 Å². The van der Waals surface area contributed by atoms with Crippen LogP contribution in [0.4, 0.5) is 0 Å². The molecule has 0 bridgehead atoms. The van der Waals surface area contributed by atoms with Crippen molar-refractivity contribution in [2.45, 2.75) is 19.4 Å². The number of carboxylic acid groups (broad SMARTS) is 1. The number of methoxy groups -OCH3 is 1. The second-order valence-electron chi connectivity index (χ2n) is 3.81. The number of carbonyl (C=O) groups is 1. The normalized spacial score (nSPS) is 14.2. The topological polar surface area (TPSA) is 66.8 Å². The van der Waals surface area contributed by atoms with Gasteiger partial charge in [-0.05, 0) is 30.0 Å². The molecule has 0 fully saturated rings. The number of aliphatic hydroxyl groups excluding tert-OH is 1. The minimum Gasteiger partial charge on any atom is -0.497 e. The van der Waals surface area contributed by atoms with Crippen molar-refractivity contribution in [3.8, 4) is 5.75 Å². The average Bonchev–Trinajstić information content (AvgIpc) is 2.28. The molecule has 0 aliphatic heterocycles. The van der Waals surface area contributed by atoms with Crippen LogP contribution in [0.25, 0.3) is 0 Å². The molecule has 0 radical (unpaired) electrons. The van der Waals surface area contributed by atoms with Gasteiger partial charge in [0, 0.05) is 0 Å². The van der Waals surface area contributed by atoms with Gasteiger partial charge in [0.05, 0.1) is 7.11 Å². The van der Waals surface area contributed by atoms with Crippen LogP contribution in [0, 0.1) is 5.92 Å². The first-order chi connectivity index (χ1) is 7.54. The zero-order chi connectivity index (χ0) is 12.1. The zero-order valence-corrected chi connectivity index (χ0v) is 9.38. The van der Waals surface area contributed by atoms with Crippen molar-refractivity contribution in [3.05, 3.63) is 29.8 Å². The molecule has 0 aromatic heterocycles. The molecule has 1 aromatic rings. The molecule has 0 amide bonds. The molecular weight excluding hydrogens is 208 g/mol. The molecule has 88 valence electrons. The predicted octanol–water partition coefficient (Wildman–Crippen LogP) is 1.32. The molecule has 1 aromatic carbocycles. The van der Waals surface area contributed by atoms with Gasteiger partial charge in [0.15, 0.2) is 6.10 Å². The van der Waals surface area contributed by atoms with Gasteiger partial charge >= 0.3 is 5.97 Å². The van der Waals surface area contributed by atoms with E-state index in [9.17, 15) is 9.90 Å². The van der Waals surface area contributed by atoms with Gasteiger partial charge in [0.1, 0.15) is 5.75 Å². The van der Waals surface area contributed by atoms with Crippen LogP contribution in [0.2, 0.25) is 0 Å². The summed E-state index contributed by atoms with van der Waals surface area (Å²) >= 11 is 0. The van der Waals surface area contributed by atoms with Crippen molar-refractivity contribution in [1.82, 2.24) is 0 Å². The summed E-state index contributed by atoms with van der Waals surface area (Å²) < 4.78 is 5.02. The van der Waals surface area contributed by atoms with Crippen LogP contribution in [0.1, 0.15) is 12.5 Å². The van der Waals surface area contributed by atoms with Crippen molar-refractivity contribution in [3.63, 3.8) is 0 Å². The summed E-state index contributed by atoms with van der Waals surface area (Å²) in [5.41, 5.74) is 0.980. The van der Waals surface area contributed by atoms with Crippen LogP contribution in [0.5, 0.6) is 5.75 Å². The maximum absolute atomic E-state index is 10.6. The van der Waals surface area contributed by atoms with Crippen LogP contribution in [-0.4, -0.2) is 29.4 Å². The van der Waals surface area contributed by atoms with Crippen LogP contribution in [-0.2, 0) is 11.2 Å². The van der Waals surface area contributed by atoms with Crippen LogP contribution < -0.4 is 4.74 Å². The van der Waals surface area contributed by atoms with E-state index in [2.05, 4.69) is 0 Å². The molecule has 16 heavy (non-hydrogen) atoms. The molecule has 1 rings (SSSR count). The van der Waals surface area contributed by atoms with Gasteiger partial charge in [-0.1, -0.05) is 19.1 Å². The Morgan fingerprint density at radius 2 is 1.94 bits per heavy atom. The molecule has 0 aliphatic rings. The zero-order valence-electron chi connectivity index (χ0n) is 9.38. The number of benzene rings is 1. The van der Waals surface area contributed by atoms with E-state index in [0.29, 0.717) is 6.42 Å². The van der Waals surface area contributed by atoms with Gasteiger partial charge in [-0.25, -0.2) is 4.79 Å². The van der Waals surface area contributed by atoms with Crippen molar-refractivity contribution < 1.29 is 19.7 Å². The summed E-state index contributed by atoms with van der Waals surface area (Å²) in [4.78, 5) is 10.6. The van der Waals surface area contributed by atoms with Gasteiger partial charge in [-0.2, -0.15) is 0 Å². The highest BCUT2D eigenvalue weighted by Crippen LogP contribution is 2.16. The van der Waals surface area contributed by atoms with Crippen molar-refractivity contribution in [1.29, 1.82) is 0 Å². The molecule has 0 saturated heterocycles. The Morgan fingerprint density at radius 3 is 2.38 bits per heavy atom. The Kier molecular flexibility index (Phi) is 4.31. The first-order valence-electron chi connectivity index (χ1n) is 5.08. The van der Waals surface area contributed by atoms with Gasteiger partial charge in [-0.15, -0.1) is 0 Å². The summed E-state index contributed by atoms with van der Waals surface area (Å²) in [6, 6.07) is 7.36. The van der Waals surface area contributed by atoms with E-state index < -0.39 is 12.1 Å². The highest BCUT2D eigenvalue weighted by Gasteiger charge is 2.21. The second-order valence-corrected chi connectivity index (χ2v) is 3.81. The maximum atomic E-state index is 10.6. The van der Waals surface area contributed by atoms with E-state index in [4.69, 9.17) is 9.84 Å². The van der Waals surface area contributed by atoms with E-state index in [0.717, 1.165) is 11.3 Å². The largest absolute Gasteiger partial charge is 0.497 e. The lowest BCUT2D eigenvalue weighted by atomic mass is 9.96. The van der Waals surface area contributed by atoms with Crippen molar-refractivity contribution in [2.75, 3.05) is 7.11 Å². The Balaban J connectivity index is 2.62. The first kappa shape index (κ1) is 12.5. The van der Waals surface area contributed by atoms with E-state index in [1.165, 1.54) is 0 Å². The average molecular weight is 224 g/mol. The van der Waals surface area contributed by atoms with Crippen molar-refractivity contribution >= 4 is 5.97 Å². The molecule has 2 unspecified atom stereocenters. The SMILES string of the molecule is COc1ccc(CC(C)C(O)C(=O)O)cc1. The minimum atomic E-state index is -1.32. The smallest absolute Gasteiger partial charge is 0.332 e. The summed E-state index contributed by atoms with van der Waals surface area (Å²) in [5.74, 6) is -0.734. The standard InChI is InChI=1S/C12H16O4/c1-8(11(13)12(14)15)7-9-3-5-10(16-2)6-4-9/h3-6,8,11,13H,7H2,1-2H3,(H,14,15). The third-order valence-electron chi connectivity index (χ3n) is 2.51. The lowest BCUT2D eigenvalue weighted by Gasteiger charge is -2.14. The Hall–Kier alpha value is -1.55. The van der Waals surface area contributed by atoms with Gasteiger partial charge in [-0.3, -0.25) is 0 Å². The highest BCUT2D eigenvalue weighted by atomic mass is 16.5. The van der Waals surface area contributed by atoms with E-state index in [1.54, 1.807) is 14.0 Å². The fourth-order valence-electron chi connectivity index (χ4n) is 1.49. The summed E-state index contributed by atoms with van der Waals surface area (Å²) in [7, 11) is 1.59. The molecule has 0 spiro atoms. The van der Waals surface area contributed by atoms with Crippen molar-refractivity contribution in [2.24, 2.45) is 5.92 Å². The number of hydrogen-bond donors (Lipinski definition) is 2. The molecule has 0 saturated carbocycles. The van der Waals surface area contributed by atoms with Gasteiger partial charge in [0.2, 0.25) is 0 Å². The summed E-state index contributed by atoms with van der Waals surface area (Å²) in [6.07, 6.45) is -0.792. The summed E-state index contributed by atoms with van der Waals surface area (Å²) in [6.45, 7) is 1.71. The number of aliphatic hydroxyl groups is 1. The third-order valence-corrected chi connectivity index (χ3v) is 2.51. The third kappa shape index (κ3) is 3.24. The van der Waals surface area contributed by atoms with E-state index in [1.807, 2.05) is 24.3 Å². The lowest BCUT2D eigenvalue weighted by Crippen LogP contribution is -2.28. The number of rotatable bonds is 5. The molecule has 4 heteroatoms. The highest BCUT2D eigenvalue weighted by molar-refractivity contribution is 5.72. The quantitative estimate of drug-likeness (QED) is 0.791. The molecule has 2 N–H and O–H groups in total. The van der Waals surface area contributed by atoms with Crippen LogP contribution >= 0.6 is 0 Å². The number of hydrogen-bond acceptors (Lipinski definition) is 3. The van der Waals surface area contributed by atoms with Gasteiger partial charge in [0.25, 0.3) is 0 Å². The fourth-order valence-corrected chi connectivity index (χ4v) is 1.49. The summed E-state index contributed by atoms with van der Waals surface area (Å²) in [5, 5.41) is 18.0. The Labute approximate surface area is 94.5 Å². The number of ether oxygens (including phenoxy) is 1. The molecule has 2 atom stereocenters. The monoisotopic (exact) mass is 224 g/mol. The van der Waals surface area contributed by atoms with Crippen LogP contribution in [0.3, 0.4) is 0 Å². The van der Waals surface area contributed by atoms with Crippen LogP contribution in [0.15, 0.2) is 24.3 Å².